The molecule has 1 heterocycles. The van der Waals surface area contributed by atoms with Gasteiger partial charge < -0.3 is 15.0 Å². The molecule has 2 unspecified atom stereocenters. The number of nitrogens with zero attached hydrogens (tertiary/aromatic N) is 1. The predicted molar refractivity (Wildman–Crippen MR) is 149 cm³/mol. The first-order valence-electron chi connectivity index (χ1n) is 13.9. The molecule has 6 heteroatoms. The smallest absolute Gasteiger partial charge is 0.337 e. The lowest BCUT2D eigenvalue weighted by molar-refractivity contribution is -0.132. The molecule has 1 N–H and O–H groups in total. The number of methoxy groups -OCH3 is 1. The molecule has 1 aliphatic heterocycles. The summed E-state index contributed by atoms with van der Waals surface area (Å²) >= 11 is 0. The molecular weight excluding hydrogens is 488 g/mol. The van der Waals surface area contributed by atoms with Crippen LogP contribution in [0.2, 0.25) is 0 Å². The monoisotopic (exact) mass is 522 g/mol. The van der Waals surface area contributed by atoms with E-state index in [4.69, 9.17) is 4.74 Å². The summed E-state index contributed by atoms with van der Waals surface area (Å²) in [5, 5.41) is 3.18. The average molecular weight is 523 g/mol. The van der Waals surface area contributed by atoms with E-state index in [2.05, 4.69) is 29.6 Å². The fourth-order valence-corrected chi connectivity index (χ4v) is 5.89. The second-order valence-corrected chi connectivity index (χ2v) is 11.1. The highest BCUT2D eigenvalue weighted by molar-refractivity contribution is 5.91. The molecule has 3 aromatic rings. The number of benzene rings is 3. The van der Waals surface area contributed by atoms with Gasteiger partial charge in [-0.05, 0) is 83.0 Å². The summed E-state index contributed by atoms with van der Waals surface area (Å²) in [6, 6.07) is 21.9. The summed E-state index contributed by atoms with van der Waals surface area (Å²) in [5.41, 5.74) is 7.09. The van der Waals surface area contributed by atoms with Gasteiger partial charge in [0.25, 0.3) is 0 Å². The molecule has 6 nitrogen and oxygen atoms in total. The van der Waals surface area contributed by atoms with Crippen LogP contribution in [0.4, 0.5) is 0 Å². The van der Waals surface area contributed by atoms with Gasteiger partial charge in [-0.15, -0.1) is 0 Å². The first kappa shape index (κ1) is 25.4. The number of carbonyl (C=O) groups excluding carboxylic acids is 3. The van der Waals surface area contributed by atoms with Crippen molar-refractivity contribution in [2.45, 2.75) is 51.1 Å². The van der Waals surface area contributed by atoms with Crippen molar-refractivity contribution in [3.05, 3.63) is 94.5 Å². The van der Waals surface area contributed by atoms with E-state index in [0.29, 0.717) is 43.5 Å². The van der Waals surface area contributed by atoms with Crippen LogP contribution in [0.3, 0.4) is 0 Å². The third-order valence-electron chi connectivity index (χ3n) is 8.42. The molecule has 2 saturated carbocycles. The number of hydrogen-bond donors (Lipinski definition) is 1. The molecule has 0 saturated heterocycles. The SMILES string of the molecule is COC(=O)c1cccc(-c2ccc(CNC(=O)C3CC3c3ccccc3)c3c2CCN(C(=O)CC2CC2)C3)c1. The maximum atomic E-state index is 13.0. The van der Waals surface area contributed by atoms with Gasteiger partial charge in [0.1, 0.15) is 0 Å². The highest BCUT2D eigenvalue weighted by Gasteiger charge is 2.43. The van der Waals surface area contributed by atoms with Gasteiger partial charge in [-0.3, -0.25) is 9.59 Å². The van der Waals surface area contributed by atoms with E-state index in [1.807, 2.05) is 41.3 Å². The Labute approximate surface area is 229 Å². The third-order valence-corrected chi connectivity index (χ3v) is 8.42. The van der Waals surface area contributed by atoms with Crippen molar-refractivity contribution in [2.75, 3.05) is 13.7 Å². The Hall–Kier alpha value is -3.93. The molecule has 0 radical (unpaired) electrons. The van der Waals surface area contributed by atoms with E-state index in [1.165, 1.54) is 18.2 Å². The highest BCUT2D eigenvalue weighted by atomic mass is 16.5. The van der Waals surface area contributed by atoms with Gasteiger partial charge >= 0.3 is 5.97 Å². The average Bonchev–Trinajstić information content (AvgIpc) is 3.91. The Morgan fingerprint density at radius 3 is 2.56 bits per heavy atom. The van der Waals surface area contributed by atoms with E-state index in [9.17, 15) is 14.4 Å². The van der Waals surface area contributed by atoms with Crippen LogP contribution < -0.4 is 5.32 Å². The summed E-state index contributed by atoms with van der Waals surface area (Å²) in [4.78, 5) is 40.2. The van der Waals surface area contributed by atoms with Crippen LogP contribution in [0.5, 0.6) is 0 Å². The molecule has 3 aromatic carbocycles. The maximum absolute atomic E-state index is 13.0. The number of esters is 1. The first-order valence-corrected chi connectivity index (χ1v) is 13.9. The van der Waals surface area contributed by atoms with E-state index < -0.39 is 0 Å². The van der Waals surface area contributed by atoms with Gasteiger partial charge in [0.2, 0.25) is 11.8 Å². The number of fused-ring (bicyclic) bond motifs is 1. The number of carbonyl (C=O) groups is 3. The Balaban J connectivity index is 1.25. The molecule has 39 heavy (non-hydrogen) atoms. The lowest BCUT2D eigenvalue weighted by atomic mass is 9.87. The van der Waals surface area contributed by atoms with Crippen LogP contribution in [0.25, 0.3) is 11.1 Å². The molecule has 0 aromatic heterocycles. The minimum absolute atomic E-state index is 0.0141. The van der Waals surface area contributed by atoms with E-state index in [-0.39, 0.29) is 23.7 Å². The van der Waals surface area contributed by atoms with Crippen molar-refractivity contribution < 1.29 is 19.1 Å². The summed E-state index contributed by atoms with van der Waals surface area (Å²) in [7, 11) is 1.39. The number of hydrogen-bond acceptors (Lipinski definition) is 4. The van der Waals surface area contributed by atoms with Crippen molar-refractivity contribution >= 4 is 17.8 Å². The van der Waals surface area contributed by atoms with E-state index >= 15 is 0 Å². The van der Waals surface area contributed by atoms with Crippen LogP contribution in [0.1, 0.15) is 64.2 Å². The van der Waals surface area contributed by atoms with Crippen LogP contribution in [-0.2, 0) is 33.8 Å². The zero-order valence-electron chi connectivity index (χ0n) is 22.3. The lowest BCUT2D eigenvalue weighted by Gasteiger charge is -2.32. The summed E-state index contributed by atoms with van der Waals surface area (Å²) in [6.07, 6.45) is 4.56. The first-order chi connectivity index (χ1) is 19.0. The van der Waals surface area contributed by atoms with Crippen molar-refractivity contribution in [3.8, 4) is 11.1 Å². The molecule has 2 aliphatic carbocycles. The molecule has 0 spiro atoms. The fourth-order valence-electron chi connectivity index (χ4n) is 5.89. The number of rotatable bonds is 8. The number of nitrogens with one attached hydrogen (secondary N) is 1. The van der Waals surface area contributed by atoms with Crippen LogP contribution in [0, 0.1) is 11.8 Å². The number of amides is 2. The summed E-state index contributed by atoms with van der Waals surface area (Å²) < 4.78 is 4.93. The normalized spacial score (nSPS) is 19.7. The fraction of sp³-hybridized carbons (Fsp3) is 0.364. The largest absolute Gasteiger partial charge is 0.465 e. The predicted octanol–water partition coefficient (Wildman–Crippen LogP) is 5.24. The molecule has 2 fully saturated rings. The standard InChI is InChI=1S/C33H34N2O4/c1-39-33(38)24-9-5-8-23(17-24)26-13-12-25(19-34-32(37)29-18-28(29)22-6-3-2-4-7-22)30-20-35(15-14-27(26)30)31(36)16-21-10-11-21/h2-9,12-13,17,21,28-29H,10-11,14-16,18-20H2,1H3,(H,34,37). The highest BCUT2D eigenvalue weighted by Crippen LogP contribution is 2.47. The topological polar surface area (TPSA) is 75.7 Å². The van der Waals surface area contributed by atoms with Gasteiger partial charge in [0, 0.05) is 32.0 Å². The third kappa shape index (κ3) is 5.47. The molecule has 0 bridgehead atoms. The van der Waals surface area contributed by atoms with Crippen LogP contribution >= 0.6 is 0 Å². The molecule has 2 atom stereocenters. The minimum atomic E-state index is -0.365. The molecule has 200 valence electrons. The Morgan fingerprint density at radius 2 is 1.79 bits per heavy atom. The maximum Gasteiger partial charge on any atom is 0.337 e. The molecule has 2 amide bonds. The quantitative estimate of drug-likeness (QED) is 0.411. The van der Waals surface area contributed by atoms with Gasteiger partial charge in [0.05, 0.1) is 12.7 Å². The van der Waals surface area contributed by atoms with E-state index in [0.717, 1.165) is 47.9 Å². The molecular formula is C33H34N2O4. The Bertz CT molecular complexity index is 1410. The van der Waals surface area contributed by atoms with Crippen molar-refractivity contribution in [3.63, 3.8) is 0 Å². The van der Waals surface area contributed by atoms with Crippen LogP contribution in [0.15, 0.2) is 66.7 Å². The van der Waals surface area contributed by atoms with Crippen molar-refractivity contribution in [1.29, 1.82) is 0 Å². The summed E-state index contributed by atoms with van der Waals surface area (Å²) in [5.74, 6) is 0.794. The van der Waals surface area contributed by atoms with Crippen LogP contribution in [-0.4, -0.2) is 36.3 Å². The minimum Gasteiger partial charge on any atom is -0.465 e. The Kier molecular flexibility index (Phi) is 6.94. The second-order valence-electron chi connectivity index (χ2n) is 11.1. The van der Waals surface area contributed by atoms with E-state index in [1.54, 1.807) is 6.07 Å². The van der Waals surface area contributed by atoms with Crippen molar-refractivity contribution in [1.82, 2.24) is 10.2 Å². The van der Waals surface area contributed by atoms with Crippen molar-refractivity contribution in [2.24, 2.45) is 11.8 Å². The summed E-state index contributed by atoms with van der Waals surface area (Å²) in [6.45, 7) is 1.66. The Morgan fingerprint density at radius 1 is 0.974 bits per heavy atom. The second kappa shape index (κ2) is 10.7. The number of ether oxygens (including phenoxy) is 1. The lowest BCUT2D eigenvalue weighted by Crippen LogP contribution is -2.37. The van der Waals surface area contributed by atoms with Gasteiger partial charge in [-0.25, -0.2) is 4.79 Å². The molecule has 3 aliphatic rings. The zero-order chi connectivity index (χ0) is 26.9. The zero-order valence-corrected chi connectivity index (χ0v) is 22.3. The van der Waals surface area contributed by atoms with Gasteiger partial charge in [0.15, 0.2) is 0 Å². The van der Waals surface area contributed by atoms with Gasteiger partial charge in [-0.2, -0.15) is 0 Å². The molecule has 6 rings (SSSR count). The van der Waals surface area contributed by atoms with Gasteiger partial charge in [-0.1, -0.05) is 54.6 Å².